The van der Waals surface area contributed by atoms with Gasteiger partial charge in [0.05, 0.1) is 0 Å². The fraction of sp³-hybridized carbons (Fsp3) is 0.143. The van der Waals surface area contributed by atoms with Crippen LogP contribution in [0.1, 0.15) is 15.9 Å². The molecule has 1 amide bonds. The van der Waals surface area contributed by atoms with Crippen molar-refractivity contribution < 1.29 is 4.79 Å². The van der Waals surface area contributed by atoms with Gasteiger partial charge >= 0.3 is 0 Å². The molecule has 0 fully saturated rings. The highest BCUT2D eigenvalue weighted by Crippen LogP contribution is 2.10. The normalized spacial score (nSPS) is 10.1. The summed E-state index contributed by atoms with van der Waals surface area (Å²) in [5, 5.41) is 3.42. The minimum atomic E-state index is -0.105. The third-order valence-electron chi connectivity index (χ3n) is 2.54. The van der Waals surface area contributed by atoms with Crippen molar-refractivity contribution in [2.45, 2.75) is 6.42 Å². The number of aromatic nitrogens is 1. The van der Waals surface area contributed by atoms with E-state index in [1.54, 1.807) is 36.7 Å². The average Bonchev–Trinajstić information content (AvgIpc) is 2.40. The van der Waals surface area contributed by atoms with Crippen LogP contribution in [-0.2, 0) is 6.42 Å². The first kappa shape index (κ1) is 12.6. The van der Waals surface area contributed by atoms with Crippen molar-refractivity contribution in [3.8, 4) is 0 Å². The van der Waals surface area contributed by atoms with E-state index in [-0.39, 0.29) is 5.91 Å². The Hall–Kier alpha value is -1.87. The molecule has 0 spiro atoms. The molecule has 1 heterocycles. The molecule has 3 nitrogen and oxygen atoms in total. The van der Waals surface area contributed by atoms with E-state index in [1.165, 1.54) is 0 Å². The average molecular weight is 261 g/mol. The Kier molecular flexibility index (Phi) is 4.31. The molecule has 92 valence electrons. The number of nitrogens with one attached hydrogen (secondary N) is 1. The number of hydrogen-bond donors (Lipinski definition) is 1. The molecule has 0 aliphatic heterocycles. The van der Waals surface area contributed by atoms with E-state index in [9.17, 15) is 4.79 Å². The van der Waals surface area contributed by atoms with E-state index in [0.29, 0.717) is 17.1 Å². The van der Waals surface area contributed by atoms with E-state index in [4.69, 9.17) is 11.6 Å². The molecule has 4 heteroatoms. The molecule has 2 rings (SSSR count). The summed E-state index contributed by atoms with van der Waals surface area (Å²) in [6.45, 7) is 0.593. The van der Waals surface area contributed by atoms with Crippen LogP contribution >= 0.6 is 11.6 Å². The molecule has 0 unspecified atom stereocenters. The molecule has 1 aromatic carbocycles. The minimum absolute atomic E-state index is 0.105. The number of nitrogens with zero attached hydrogens (tertiary/aromatic N) is 1. The van der Waals surface area contributed by atoms with Crippen LogP contribution in [0.15, 0.2) is 48.8 Å². The first-order chi connectivity index (χ1) is 8.75. The van der Waals surface area contributed by atoms with Gasteiger partial charge in [-0.2, -0.15) is 0 Å². The molecule has 0 radical (unpaired) electrons. The number of rotatable bonds is 4. The van der Waals surface area contributed by atoms with Gasteiger partial charge in [-0.15, -0.1) is 0 Å². The number of amides is 1. The Morgan fingerprint density at radius 1 is 1.22 bits per heavy atom. The zero-order valence-electron chi connectivity index (χ0n) is 9.77. The van der Waals surface area contributed by atoms with Crippen LogP contribution in [0.3, 0.4) is 0 Å². The molecule has 1 aromatic heterocycles. The summed E-state index contributed by atoms with van der Waals surface area (Å²) in [5.74, 6) is -0.105. The van der Waals surface area contributed by atoms with Crippen molar-refractivity contribution in [2.24, 2.45) is 0 Å². The van der Waals surface area contributed by atoms with Crippen molar-refractivity contribution in [3.63, 3.8) is 0 Å². The van der Waals surface area contributed by atoms with Gasteiger partial charge in [-0.25, -0.2) is 0 Å². The largest absolute Gasteiger partial charge is 0.352 e. The van der Waals surface area contributed by atoms with E-state index in [1.807, 2.05) is 12.1 Å². The SMILES string of the molecule is O=C(NCCc1ccncc1)c1cccc(Cl)c1. The Morgan fingerprint density at radius 3 is 2.72 bits per heavy atom. The molecule has 0 saturated heterocycles. The molecule has 0 aliphatic rings. The number of halogens is 1. The molecule has 18 heavy (non-hydrogen) atoms. The molecule has 0 saturated carbocycles. The minimum Gasteiger partial charge on any atom is -0.352 e. The van der Waals surface area contributed by atoms with E-state index in [0.717, 1.165) is 12.0 Å². The summed E-state index contributed by atoms with van der Waals surface area (Å²) in [7, 11) is 0. The number of benzene rings is 1. The Labute approximate surface area is 111 Å². The van der Waals surface area contributed by atoms with Crippen molar-refractivity contribution in [1.82, 2.24) is 10.3 Å². The lowest BCUT2D eigenvalue weighted by molar-refractivity contribution is 0.0954. The van der Waals surface area contributed by atoms with Crippen LogP contribution < -0.4 is 5.32 Å². The Morgan fingerprint density at radius 2 is 2.00 bits per heavy atom. The monoisotopic (exact) mass is 260 g/mol. The topological polar surface area (TPSA) is 42.0 Å². The maximum absolute atomic E-state index is 11.8. The van der Waals surface area contributed by atoms with Crippen molar-refractivity contribution >= 4 is 17.5 Å². The second-order valence-electron chi connectivity index (χ2n) is 3.87. The van der Waals surface area contributed by atoms with Crippen LogP contribution in [-0.4, -0.2) is 17.4 Å². The molecular weight excluding hydrogens is 248 g/mol. The number of pyridine rings is 1. The highest BCUT2D eigenvalue weighted by atomic mass is 35.5. The molecule has 2 aromatic rings. The standard InChI is InChI=1S/C14H13ClN2O/c15-13-3-1-2-12(10-13)14(18)17-9-6-11-4-7-16-8-5-11/h1-5,7-8,10H,6,9H2,(H,17,18). The molecule has 0 aliphatic carbocycles. The molecule has 1 N–H and O–H groups in total. The van der Waals surface area contributed by atoms with Crippen molar-refractivity contribution in [1.29, 1.82) is 0 Å². The predicted molar refractivity (Wildman–Crippen MR) is 71.7 cm³/mol. The highest BCUT2D eigenvalue weighted by molar-refractivity contribution is 6.30. The zero-order valence-corrected chi connectivity index (χ0v) is 10.5. The Bertz CT molecular complexity index is 528. The fourth-order valence-corrected chi connectivity index (χ4v) is 1.79. The van der Waals surface area contributed by atoms with Gasteiger partial charge in [0.15, 0.2) is 0 Å². The van der Waals surface area contributed by atoms with Crippen LogP contribution in [0.5, 0.6) is 0 Å². The highest BCUT2D eigenvalue weighted by Gasteiger charge is 2.04. The molecular formula is C14H13ClN2O. The maximum Gasteiger partial charge on any atom is 0.251 e. The number of carbonyl (C=O) groups excluding carboxylic acids is 1. The molecule has 0 atom stereocenters. The smallest absolute Gasteiger partial charge is 0.251 e. The lowest BCUT2D eigenvalue weighted by Gasteiger charge is -2.05. The van der Waals surface area contributed by atoms with Crippen LogP contribution in [0.25, 0.3) is 0 Å². The Balaban J connectivity index is 1.86. The molecule has 0 bridgehead atoms. The van der Waals surface area contributed by atoms with Gasteiger partial charge in [0, 0.05) is 29.5 Å². The maximum atomic E-state index is 11.8. The first-order valence-electron chi connectivity index (χ1n) is 5.68. The van der Waals surface area contributed by atoms with Gasteiger partial charge in [0.25, 0.3) is 5.91 Å². The van der Waals surface area contributed by atoms with E-state index in [2.05, 4.69) is 10.3 Å². The summed E-state index contributed by atoms with van der Waals surface area (Å²) < 4.78 is 0. The summed E-state index contributed by atoms with van der Waals surface area (Å²) >= 11 is 5.83. The summed E-state index contributed by atoms with van der Waals surface area (Å²) in [6, 6.07) is 10.8. The van der Waals surface area contributed by atoms with Crippen molar-refractivity contribution in [3.05, 3.63) is 64.9 Å². The fourth-order valence-electron chi connectivity index (χ4n) is 1.60. The lowest BCUT2D eigenvalue weighted by atomic mass is 10.2. The van der Waals surface area contributed by atoms with Gasteiger partial charge in [-0.3, -0.25) is 9.78 Å². The third-order valence-corrected chi connectivity index (χ3v) is 2.77. The summed E-state index contributed by atoms with van der Waals surface area (Å²) in [6.07, 6.45) is 4.27. The van der Waals surface area contributed by atoms with Gasteiger partial charge in [-0.05, 0) is 42.3 Å². The van der Waals surface area contributed by atoms with Gasteiger partial charge in [-0.1, -0.05) is 17.7 Å². The van der Waals surface area contributed by atoms with E-state index < -0.39 is 0 Å². The third kappa shape index (κ3) is 3.57. The summed E-state index contributed by atoms with van der Waals surface area (Å²) in [5.41, 5.74) is 1.73. The zero-order chi connectivity index (χ0) is 12.8. The number of carbonyl (C=O) groups is 1. The summed E-state index contributed by atoms with van der Waals surface area (Å²) in [4.78, 5) is 15.7. The van der Waals surface area contributed by atoms with Crippen molar-refractivity contribution in [2.75, 3.05) is 6.54 Å². The van der Waals surface area contributed by atoms with Crippen LogP contribution in [0.4, 0.5) is 0 Å². The lowest BCUT2D eigenvalue weighted by Crippen LogP contribution is -2.25. The van der Waals surface area contributed by atoms with Crippen LogP contribution in [0, 0.1) is 0 Å². The second kappa shape index (κ2) is 6.17. The van der Waals surface area contributed by atoms with Gasteiger partial charge < -0.3 is 5.32 Å². The van der Waals surface area contributed by atoms with Gasteiger partial charge in [0.2, 0.25) is 0 Å². The first-order valence-corrected chi connectivity index (χ1v) is 6.06. The van der Waals surface area contributed by atoms with Crippen LogP contribution in [0.2, 0.25) is 5.02 Å². The van der Waals surface area contributed by atoms with Gasteiger partial charge in [0.1, 0.15) is 0 Å². The second-order valence-corrected chi connectivity index (χ2v) is 4.31. The number of hydrogen-bond acceptors (Lipinski definition) is 2. The predicted octanol–water partition coefficient (Wildman–Crippen LogP) is 2.71. The van der Waals surface area contributed by atoms with E-state index >= 15 is 0 Å². The quantitative estimate of drug-likeness (QED) is 0.918.